The Morgan fingerprint density at radius 1 is 1.38 bits per heavy atom. The molecule has 0 fully saturated rings. The molecule has 1 aromatic carbocycles. The molecule has 6 heteroatoms. The highest BCUT2D eigenvalue weighted by Gasteiger charge is 2.14. The van der Waals surface area contributed by atoms with Crippen molar-refractivity contribution >= 4 is 44.7 Å². The third-order valence-electron chi connectivity index (χ3n) is 3.21. The van der Waals surface area contributed by atoms with Crippen LogP contribution < -0.4 is 10.1 Å². The predicted octanol–water partition coefficient (Wildman–Crippen LogP) is 4.45. The number of methoxy groups -OCH3 is 1. The zero-order valence-corrected chi connectivity index (χ0v) is 13.1. The second-order valence-electron chi connectivity index (χ2n) is 4.64. The van der Waals surface area contributed by atoms with Gasteiger partial charge in [-0.25, -0.2) is 0 Å². The number of H-pyrrole nitrogens is 1. The third kappa shape index (κ3) is 2.62. The van der Waals surface area contributed by atoms with Gasteiger partial charge in [-0.15, -0.1) is 11.3 Å². The number of rotatable bonds is 3. The van der Waals surface area contributed by atoms with Crippen molar-refractivity contribution in [1.29, 1.82) is 0 Å². The van der Waals surface area contributed by atoms with Crippen LogP contribution in [-0.4, -0.2) is 18.0 Å². The van der Waals surface area contributed by atoms with Gasteiger partial charge in [-0.05, 0) is 36.1 Å². The zero-order valence-electron chi connectivity index (χ0n) is 11.5. The van der Waals surface area contributed by atoms with Crippen molar-refractivity contribution < 1.29 is 9.53 Å². The lowest BCUT2D eigenvalue weighted by Gasteiger charge is -2.11. The fraction of sp³-hybridized carbons (Fsp3) is 0.133. The Bertz CT molecular complexity index is 794. The van der Waals surface area contributed by atoms with Gasteiger partial charge in [0.2, 0.25) is 0 Å². The van der Waals surface area contributed by atoms with Crippen LogP contribution in [-0.2, 0) is 0 Å². The molecule has 0 saturated heterocycles. The second-order valence-corrected chi connectivity index (χ2v) is 5.99. The Morgan fingerprint density at radius 2 is 2.19 bits per heavy atom. The Morgan fingerprint density at radius 3 is 2.90 bits per heavy atom. The highest BCUT2D eigenvalue weighted by Crippen LogP contribution is 2.31. The number of carbonyl (C=O) groups excluding carboxylic acids is 1. The summed E-state index contributed by atoms with van der Waals surface area (Å²) >= 11 is 7.65. The van der Waals surface area contributed by atoms with Crippen molar-refractivity contribution in [2.24, 2.45) is 0 Å². The van der Waals surface area contributed by atoms with Crippen LogP contribution in [0.5, 0.6) is 5.75 Å². The first-order chi connectivity index (χ1) is 10.1. The minimum Gasteiger partial charge on any atom is -0.495 e. The van der Waals surface area contributed by atoms with Gasteiger partial charge in [0.1, 0.15) is 11.4 Å². The van der Waals surface area contributed by atoms with E-state index in [0.717, 1.165) is 15.8 Å². The monoisotopic (exact) mass is 320 g/mol. The number of aryl methyl sites for hydroxylation is 1. The highest BCUT2D eigenvalue weighted by molar-refractivity contribution is 7.17. The van der Waals surface area contributed by atoms with Crippen LogP contribution in [0.25, 0.3) is 10.2 Å². The lowest BCUT2D eigenvalue weighted by atomic mass is 10.2. The summed E-state index contributed by atoms with van der Waals surface area (Å²) in [5, 5.41) is 5.43. The van der Waals surface area contributed by atoms with Gasteiger partial charge in [-0.3, -0.25) is 4.79 Å². The first-order valence-electron chi connectivity index (χ1n) is 6.30. The number of ether oxygens (including phenoxy) is 1. The Hall–Kier alpha value is -1.98. The fourth-order valence-electron chi connectivity index (χ4n) is 2.09. The molecule has 108 valence electrons. The van der Waals surface area contributed by atoms with Crippen LogP contribution in [0.4, 0.5) is 5.69 Å². The molecule has 0 bridgehead atoms. The van der Waals surface area contributed by atoms with E-state index in [0.29, 0.717) is 22.2 Å². The van der Waals surface area contributed by atoms with Gasteiger partial charge < -0.3 is 15.0 Å². The summed E-state index contributed by atoms with van der Waals surface area (Å²) in [6.45, 7) is 1.88. The molecule has 4 nitrogen and oxygen atoms in total. The van der Waals surface area contributed by atoms with Crippen LogP contribution in [0.15, 0.2) is 29.6 Å². The van der Waals surface area contributed by atoms with Crippen LogP contribution in [0.1, 0.15) is 16.1 Å². The molecule has 3 aromatic rings. The number of hydrogen-bond donors (Lipinski definition) is 2. The number of halogens is 1. The fourth-order valence-corrected chi connectivity index (χ4v) is 3.03. The smallest absolute Gasteiger partial charge is 0.272 e. The number of nitrogens with one attached hydrogen (secondary N) is 2. The molecule has 2 N–H and O–H groups in total. The number of anilines is 1. The summed E-state index contributed by atoms with van der Waals surface area (Å²) in [6.07, 6.45) is 0. The lowest BCUT2D eigenvalue weighted by molar-refractivity contribution is 0.102. The van der Waals surface area contributed by atoms with Gasteiger partial charge in [0.15, 0.2) is 0 Å². The quantitative estimate of drug-likeness (QED) is 0.749. The Kier molecular flexibility index (Phi) is 3.61. The van der Waals surface area contributed by atoms with E-state index in [4.69, 9.17) is 16.3 Å². The normalized spacial score (nSPS) is 10.8. The molecule has 21 heavy (non-hydrogen) atoms. The van der Waals surface area contributed by atoms with Crippen LogP contribution in [0.3, 0.4) is 0 Å². The number of amides is 1. The number of carbonyl (C=O) groups is 1. The number of fused-ring (bicyclic) bond motifs is 1. The van der Waals surface area contributed by atoms with Crippen molar-refractivity contribution in [3.8, 4) is 5.75 Å². The van der Waals surface area contributed by atoms with E-state index in [-0.39, 0.29) is 5.91 Å². The van der Waals surface area contributed by atoms with E-state index < -0.39 is 0 Å². The molecule has 0 unspecified atom stereocenters. The number of aromatic amines is 1. The first-order valence-corrected chi connectivity index (χ1v) is 7.56. The van der Waals surface area contributed by atoms with Crippen molar-refractivity contribution in [3.05, 3.63) is 45.9 Å². The zero-order chi connectivity index (χ0) is 15.0. The minimum atomic E-state index is -0.210. The van der Waals surface area contributed by atoms with Crippen LogP contribution in [0, 0.1) is 6.92 Å². The van der Waals surface area contributed by atoms with Gasteiger partial charge in [0.05, 0.1) is 23.0 Å². The largest absolute Gasteiger partial charge is 0.495 e. The van der Waals surface area contributed by atoms with Gasteiger partial charge in [-0.2, -0.15) is 0 Å². The molecule has 2 aromatic heterocycles. The summed E-state index contributed by atoms with van der Waals surface area (Å²) in [7, 11) is 1.54. The number of hydrogen-bond acceptors (Lipinski definition) is 3. The lowest BCUT2D eigenvalue weighted by Crippen LogP contribution is -2.13. The summed E-state index contributed by atoms with van der Waals surface area (Å²) in [5.41, 5.74) is 2.96. The molecule has 2 heterocycles. The van der Waals surface area contributed by atoms with Gasteiger partial charge >= 0.3 is 0 Å². The average Bonchev–Trinajstić information content (AvgIpc) is 3.03. The molecule has 0 saturated carbocycles. The standard InChI is InChI=1S/C15H13ClN2O2S/c1-8-5-11(13(20-2)6-9(8)16)18-15(19)12-7-14-10(17-12)3-4-21-14/h3-7,17H,1-2H3,(H,18,19). The van der Waals surface area contributed by atoms with Gasteiger partial charge in [-0.1, -0.05) is 11.6 Å². The second kappa shape index (κ2) is 5.42. The van der Waals surface area contributed by atoms with Crippen LogP contribution in [0.2, 0.25) is 5.02 Å². The minimum absolute atomic E-state index is 0.210. The molecule has 0 atom stereocenters. The summed E-state index contributed by atoms with van der Waals surface area (Å²) in [4.78, 5) is 15.4. The molecule has 0 aliphatic heterocycles. The molecule has 1 amide bonds. The van der Waals surface area contributed by atoms with E-state index in [2.05, 4.69) is 10.3 Å². The maximum atomic E-state index is 12.3. The van der Waals surface area contributed by atoms with Gasteiger partial charge in [0, 0.05) is 11.1 Å². The maximum absolute atomic E-state index is 12.3. The Balaban J connectivity index is 1.90. The SMILES string of the molecule is COc1cc(Cl)c(C)cc1NC(=O)c1cc2sccc2[nH]1. The highest BCUT2D eigenvalue weighted by atomic mass is 35.5. The summed E-state index contributed by atoms with van der Waals surface area (Å²) in [5.74, 6) is 0.325. The average molecular weight is 321 g/mol. The number of benzene rings is 1. The van der Waals surface area contributed by atoms with Crippen LogP contribution >= 0.6 is 22.9 Å². The number of aromatic nitrogens is 1. The van der Waals surface area contributed by atoms with E-state index >= 15 is 0 Å². The van der Waals surface area contributed by atoms with Gasteiger partial charge in [0.25, 0.3) is 5.91 Å². The molecule has 3 rings (SSSR count). The molecule has 0 spiro atoms. The number of thiophene rings is 1. The first kappa shape index (κ1) is 14.0. The van der Waals surface area contributed by atoms with Crippen molar-refractivity contribution in [1.82, 2.24) is 4.98 Å². The Labute approximate surface area is 130 Å². The molecule has 0 aliphatic carbocycles. The molecular weight excluding hydrogens is 308 g/mol. The summed E-state index contributed by atoms with van der Waals surface area (Å²) < 4.78 is 6.31. The third-order valence-corrected chi connectivity index (χ3v) is 4.48. The molecule has 0 aliphatic rings. The maximum Gasteiger partial charge on any atom is 0.272 e. The van der Waals surface area contributed by atoms with Crippen molar-refractivity contribution in [3.63, 3.8) is 0 Å². The molecular formula is C15H13ClN2O2S. The molecule has 0 radical (unpaired) electrons. The van der Waals surface area contributed by atoms with Crippen molar-refractivity contribution in [2.75, 3.05) is 12.4 Å². The van der Waals surface area contributed by atoms with E-state index in [1.807, 2.05) is 24.4 Å². The predicted molar refractivity (Wildman–Crippen MR) is 86.9 cm³/mol. The van der Waals surface area contributed by atoms with Crippen molar-refractivity contribution in [2.45, 2.75) is 6.92 Å². The van der Waals surface area contributed by atoms with E-state index in [1.165, 1.54) is 0 Å². The van der Waals surface area contributed by atoms with E-state index in [1.54, 1.807) is 30.6 Å². The topological polar surface area (TPSA) is 54.1 Å². The van der Waals surface area contributed by atoms with E-state index in [9.17, 15) is 4.79 Å². The summed E-state index contributed by atoms with van der Waals surface area (Å²) in [6, 6.07) is 7.28.